The van der Waals surface area contributed by atoms with Crippen LogP contribution in [0.15, 0.2) is 24.3 Å². The molecule has 0 aliphatic rings. The molecule has 0 fully saturated rings. The van der Waals surface area contributed by atoms with E-state index in [1.165, 1.54) is 12.6 Å². The first kappa shape index (κ1) is 14.4. The van der Waals surface area contributed by atoms with E-state index in [1.54, 1.807) is 24.3 Å². The van der Waals surface area contributed by atoms with Gasteiger partial charge in [0.05, 0.1) is 7.11 Å². The van der Waals surface area contributed by atoms with E-state index in [0.29, 0.717) is 11.3 Å². The van der Waals surface area contributed by atoms with E-state index < -0.39 is 18.6 Å². The van der Waals surface area contributed by atoms with Gasteiger partial charge in [-0.05, 0) is 24.3 Å². The second-order valence-corrected chi connectivity index (χ2v) is 3.45. The SMILES string of the molecule is COc1ccc(C#CC(CNO)C(F)(F)F)cc1. The molecule has 1 unspecified atom stereocenters. The number of ether oxygens (including phenoxy) is 1. The second-order valence-electron chi connectivity index (χ2n) is 3.45. The lowest BCUT2D eigenvalue weighted by Gasteiger charge is -2.13. The van der Waals surface area contributed by atoms with E-state index in [0.717, 1.165) is 0 Å². The van der Waals surface area contributed by atoms with E-state index in [2.05, 4.69) is 11.8 Å². The van der Waals surface area contributed by atoms with Gasteiger partial charge in [0, 0.05) is 12.1 Å². The molecule has 0 saturated carbocycles. The van der Waals surface area contributed by atoms with Crippen LogP contribution in [-0.2, 0) is 0 Å². The predicted molar refractivity (Wildman–Crippen MR) is 59.2 cm³/mol. The summed E-state index contributed by atoms with van der Waals surface area (Å²) >= 11 is 0. The number of nitrogens with one attached hydrogen (secondary N) is 1. The minimum absolute atomic E-state index is 0.447. The fraction of sp³-hybridized carbons (Fsp3) is 0.333. The van der Waals surface area contributed by atoms with Gasteiger partial charge in [-0.2, -0.15) is 13.2 Å². The Labute approximate surface area is 103 Å². The third-order valence-corrected chi connectivity index (χ3v) is 2.17. The number of halogens is 3. The number of benzene rings is 1. The van der Waals surface area contributed by atoms with Crippen LogP contribution in [0.3, 0.4) is 0 Å². The maximum absolute atomic E-state index is 12.5. The van der Waals surface area contributed by atoms with Crippen LogP contribution in [0.2, 0.25) is 0 Å². The van der Waals surface area contributed by atoms with Gasteiger partial charge in [-0.1, -0.05) is 11.8 Å². The van der Waals surface area contributed by atoms with Crippen molar-refractivity contribution in [2.45, 2.75) is 6.18 Å². The molecule has 98 valence electrons. The highest BCUT2D eigenvalue weighted by Gasteiger charge is 2.38. The molecule has 1 aromatic carbocycles. The molecule has 0 heterocycles. The number of alkyl halides is 3. The number of rotatable bonds is 3. The van der Waals surface area contributed by atoms with Gasteiger partial charge in [-0.3, -0.25) is 0 Å². The highest BCUT2D eigenvalue weighted by atomic mass is 19.4. The van der Waals surface area contributed by atoms with Crippen molar-refractivity contribution in [3.63, 3.8) is 0 Å². The maximum Gasteiger partial charge on any atom is 0.403 e. The van der Waals surface area contributed by atoms with Crippen molar-refractivity contribution in [3.8, 4) is 17.6 Å². The first-order valence-corrected chi connectivity index (χ1v) is 5.06. The molecular formula is C12H12F3NO2. The molecule has 0 saturated heterocycles. The quantitative estimate of drug-likeness (QED) is 0.646. The van der Waals surface area contributed by atoms with Gasteiger partial charge >= 0.3 is 6.18 Å². The average molecular weight is 259 g/mol. The lowest BCUT2D eigenvalue weighted by molar-refractivity contribution is -0.161. The Morgan fingerprint density at radius 3 is 2.39 bits per heavy atom. The van der Waals surface area contributed by atoms with Crippen LogP contribution < -0.4 is 10.2 Å². The lowest BCUT2D eigenvalue weighted by Crippen LogP contribution is -2.31. The molecule has 0 amide bonds. The molecular weight excluding hydrogens is 247 g/mol. The zero-order chi connectivity index (χ0) is 13.6. The van der Waals surface area contributed by atoms with Gasteiger partial charge in [0.15, 0.2) is 0 Å². The summed E-state index contributed by atoms with van der Waals surface area (Å²) < 4.78 is 42.3. The van der Waals surface area contributed by atoms with Crippen LogP contribution in [-0.4, -0.2) is 25.0 Å². The summed E-state index contributed by atoms with van der Waals surface area (Å²) in [6.07, 6.45) is -4.48. The van der Waals surface area contributed by atoms with Crippen molar-refractivity contribution in [2.24, 2.45) is 5.92 Å². The summed E-state index contributed by atoms with van der Waals surface area (Å²) in [6, 6.07) is 6.34. The Kier molecular flexibility index (Phi) is 5.01. The highest BCUT2D eigenvalue weighted by molar-refractivity contribution is 5.38. The summed E-state index contributed by atoms with van der Waals surface area (Å²) in [5.41, 5.74) is 1.93. The molecule has 0 aromatic heterocycles. The van der Waals surface area contributed by atoms with Gasteiger partial charge in [-0.25, -0.2) is 5.48 Å². The molecule has 0 aliphatic carbocycles. The minimum atomic E-state index is -4.48. The van der Waals surface area contributed by atoms with Crippen LogP contribution in [0.1, 0.15) is 5.56 Å². The van der Waals surface area contributed by atoms with E-state index in [9.17, 15) is 13.2 Å². The third kappa shape index (κ3) is 4.28. The Balaban J connectivity index is 2.83. The standard InChI is InChI=1S/C12H12F3NO2/c1-18-11-6-3-9(4-7-11)2-5-10(8-16-17)12(13,14)15/h3-4,6-7,10,16-17H,8H2,1H3. The topological polar surface area (TPSA) is 41.5 Å². The summed E-state index contributed by atoms with van der Waals surface area (Å²) in [6.45, 7) is -0.660. The molecule has 0 spiro atoms. The Morgan fingerprint density at radius 2 is 1.94 bits per heavy atom. The van der Waals surface area contributed by atoms with E-state index in [-0.39, 0.29) is 0 Å². The normalized spacial score (nSPS) is 12.5. The molecule has 1 atom stereocenters. The summed E-state index contributed by atoms with van der Waals surface area (Å²) in [5.74, 6) is 3.18. The molecule has 18 heavy (non-hydrogen) atoms. The number of hydroxylamine groups is 1. The Hall–Kier alpha value is -1.71. The van der Waals surface area contributed by atoms with Crippen molar-refractivity contribution in [3.05, 3.63) is 29.8 Å². The summed E-state index contributed by atoms with van der Waals surface area (Å²) in [7, 11) is 1.49. The fourth-order valence-corrected chi connectivity index (χ4v) is 1.18. The second kappa shape index (κ2) is 6.28. The van der Waals surface area contributed by atoms with Gasteiger partial charge in [-0.15, -0.1) is 0 Å². The largest absolute Gasteiger partial charge is 0.497 e. The van der Waals surface area contributed by atoms with E-state index in [4.69, 9.17) is 9.94 Å². The lowest BCUT2D eigenvalue weighted by atomic mass is 10.1. The average Bonchev–Trinajstić information content (AvgIpc) is 2.33. The Morgan fingerprint density at radius 1 is 1.33 bits per heavy atom. The van der Waals surface area contributed by atoms with Crippen LogP contribution in [0.5, 0.6) is 5.75 Å². The van der Waals surface area contributed by atoms with Crippen molar-refractivity contribution in [2.75, 3.05) is 13.7 Å². The number of hydrogen-bond donors (Lipinski definition) is 2. The zero-order valence-corrected chi connectivity index (χ0v) is 9.58. The van der Waals surface area contributed by atoms with Gasteiger partial charge < -0.3 is 9.94 Å². The predicted octanol–water partition coefficient (Wildman–Crippen LogP) is 2.20. The summed E-state index contributed by atoms with van der Waals surface area (Å²) in [4.78, 5) is 0. The molecule has 1 aromatic rings. The number of hydrogen-bond acceptors (Lipinski definition) is 3. The van der Waals surface area contributed by atoms with Crippen LogP contribution in [0, 0.1) is 17.8 Å². The molecule has 0 radical (unpaired) electrons. The number of methoxy groups -OCH3 is 1. The first-order chi connectivity index (χ1) is 8.47. The fourth-order valence-electron chi connectivity index (χ4n) is 1.18. The molecule has 6 heteroatoms. The van der Waals surface area contributed by atoms with Crippen LogP contribution in [0.4, 0.5) is 13.2 Å². The maximum atomic E-state index is 12.5. The zero-order valence-electron chi connectivity index (χ0n) is 9.58. The van der Waals surface area contributed by atoms with E-state index in [1.807, 2.05) is 0 Å². The highest BCUT2D eigenvalue weighted by Crippen LogP contribution is 2.25. The first-order valence-electron chi connectivity index (χ1n) is 5.06. The molecule has 1 rings (SSSR count). The molecule has 3 nitrogen and oxygen atoms in total. The molecule has 2 N–H and O–H groups in total. The van der Waals surface area contributed by atoms with Crippen molar-refractivity contribution < 1.29 is 23.1 Å². The van der Waals surface area contributed by atoms with Gasteiger partial charge in [0.2, 0.25) is 0 Å². The van der Waals surface area contributed by atoms with Crippen LogP contribution >= 0.6 is 0 Å². The molecule has 0 bridgehead atoms. The summed E-state index contributed by atoms with van der Waals surface area (Å²) in [5, 5.41) is 8.33. The van der Waals surface area contributed by atoms with Gasteiger partial charge in [0.1, 0.15) is 11.7 Å². The minimum Gasteiger partial charge on any atom is -0.497 e. The van der Waals surface area contributed by atoms with Gasteiger partial charge in [0.25, 0.3) is 0 Å². The van der Waals surface area contributed by atoms with Crippen molar-refractivity contribution in [1.82, 2.24) is 5.48 Å². The van der Waals surface area contributed by atoms with Crippen LogP contribution in [0.25, 0.3) is 0 Å². The third-order valence-electron chi connectivity index (χ3n) is 2.17. The van der Waals surface area contributed by atoms with Crippen molar-refractivity contribution >= 4 is 0 Å². The van der Waals surface area contributed by atoms with Crippen molar-refractivity contribution in [1.29, 1.82) is 0 Å². The monoisotopic (exact) mass is 259 g/mol. The molecule has 0 aliphatic heterocycles. The smallest absolute Gasteiger partial charge is 0.403 e. The Bertz CT molecular complexity index is 431. The van der Waals surface area contributed by atoms with E-state index >= 15 is 0 Å².